The molecule has 0 bridgehead atoms. The number of thioether (sulfide) groups is 1. The number of nitrogens with one attached hydrogen (secondary N) is 1. The van der Waals surface area contributed by atoms with E-state index in [-0.39, 0.29) is 17.4 Å². The minimum absolute atomic E-state index is 0.0890. The summed E-state index contributed by atoms with van der Waals surface area (Å²) in [4.78, 5) is 24.4. The van der Waals surface area contributed by atoms with Crippen molar-refractivity contribution in [2.75, 3.05) is 11.1 Å². The molecule has 0 unspecified atom stereocenters. The van der Waals surface area contributed by atoms with Crippen molar-refractivity contribution in [1.29, 1.82) is 0 Å². The highest BCUT2D eigenvalue weighted by molar-refractivity contribution is 7.99. The fourth-order valence-corrected chi connectivity index (χ4v) is 4.93. The molecule has 160 valence electrons. The van der Waals surface area contributed by atoms with Crippen molar-refractivity contribution in [3.8, 4) is 11.4 Å². The first-order valence-electron chi connectivity index (χ1n) is 10.3. The van der Waals surface area contributed by atoms with Gasteiger partial charge in [-0.2, -0.15) is 0 Å². The number of ketones is 1. The molecule has 3 aromatic rings. The van der Waals surface area contributed by atoms with Gasteiger partial charge >= 0.3 is 0 Å². The van der Waals surface area contributed by atoms with Crippen LogP contribution in [0.5, 0.6) is 0 Å². The molecule has 0 aliphatic heterocycles. The molecule has 1 aliphatic carbocycles. The Morgan fingerprint density at radius 3 is 2.55 bits per heavy atom. The third kappa shape index (κ3) is 4.83. The van der Waals surface area contributed by atoms with Gasteiger partial charge in [0, 0.05) is 17.2 Å². The Morgan fingerprint density at radius 2 is 1.81 bits per heavy atom. The monoisotopic (exact) mass is 454 g/mol. The molecular formula is C23H23ClN4O2S. The number of benzene rings is 2. The normalized spacial score (nSPS) is 14.0. The van der Waals surface area contributed by atoms with E-state index in [1.54, 1.807) is 24.3 Å². The van der Waals surface area contributed by atoms with Gasteiger partial charge in [0.25, 0.3) is 0 Å². The van der Waals surface area contributed by atoms with E-state index < -0.39 is 0 Å². The van der Waals surface area contributed by atoms with Crippen LogP contribution in [0.25, 0.3) is 11.4 Å². The summed E-state index contributed by atoms with van der Waals surface area (Å²) in [6, 6.07) is 14.9. The van der Waals surface area contributed by atoms with Crippen molar-refractivity contribution in [2.45, 2.75) is 43.8 Å². The lowest BCUT2D eigenvalue weighted by molar-refractivity contribution is -0.113. The first-order chi connectivity index (χ1) is 15.0. The molecule has 1 fully saturated rings. The summed E-state index contributed by atoms with van der Waals surface area (Å²) >= 11 is 7.77. The lowest BCUT2D eigenvalue weighted by Gasteiger charge is -2.17. The fraction of sp³-hybridized carbons (Fsp3) is 0.304. The topological polar surface area (TPSA) is 76.9 Å². The summed E-state index contributed by atoms with van der Waals surface area (Å²) in [7, 11) is 0. The van der Waals surface area contributed by atoms with Gasteiger partial charge in [-0.15, -0.1) is 10.2 Å². The minimum atomic E-state index is -0.195. The molecule has 4 rings (SSSR count). The van der Waals surface area contributed by atoms with Crippen molar-refractivity contribution in [2.24, 2.45) is 0 Å². The number of carbonyl (C=O) groups is 2. The average Bonchev–Trinajstić information content (AvgIpc) is 3.42. The zero-order valence-electron chi connectivity index (χ0n) is 17.2. The largest absolute Gasteiger partial charge is 0.325 e. The van der Waals surface area contributed by atoms with E-state index in [0.29, 0.717) is 27.5 Å². The van der Waals surface area contributed by atoms with Crippen LogP contribution >= 0.6 is 23.4 Å². The third-order valence-electron chi connectivity index (χ3n) is 5.38. The van der Waals surface area contributed by atoms with Crippen LogP contribution in [0.3, 0.4) is 0 Å². The Bertz CT molecular complexity index is 1110. The van der Waals surface area contributed by atoms with Gasteiger partial charge in [0.05, 0.1) is 16.5 Å². The Kier molecular flexibility index (Phi) is 6.73. The number of hydrogen-bond donors (Lipinski definition) is 1. The molecule has 1 aliphatic rings. The maximum absolute atomic E-state index is 12.6. The van der Waals surface area contributed by atoms with E-state index in [0.717, 1.165) is 37.1 Å². The number of Topliss-reactive ketones (excluding diaryl/α,β-unsaturated/α-hetero) is 1. The van der Waals surface area contributed by atoms with Gasteiger partial charge in [-0.25, -0.2) is 0 Å². The lowest BCUT2D eigenvalue weighted by atomic mass is 10.1. The van der Waals surface area contributed by atoms with Crippen molar-refractivity contribution in [3.63, 3.8) is 0 Å². The van der Waals surface area contributed by atoms with E-state index >= 15 is 0 Å². The van der Waals surface area contributed by atoms with Crippen LogP contribution in [0.2, 0.25) is 5.02 Å². The third-order valence-corrected chi connectivity index (χ3v) is 6.65. The minimum Gasteiger partial charge on any atom is -0.325 e. The Hall–Kier alpha value is -2.64. The molecule has 0 atom stereocenters. The summed E-state index contributed by atoms with van der Waals surface area (Å²) in [6.45, 7) is 1.49. The summed E-state index contributed by atoms with van der Waals surface area (Å²) in [5.74, 6) is 0.620. The molecule has 0 saturated heterocycles. The SMILES string of the molecule is CC(=O)c1ccccc1NC(=O)CSc1nnc(-c2ccccc2Cl)n1C1CCCC1. The summed E-state index contributed by atoms with van der Waals surface area (Å²) in [5, 5.41) is 13.0. The summed E-state index contributed by atoms with van der Waals surface area (Å²) in [5.41, 5.74) is 1.86. The van der Waals surface area contributed by atoms with Crippen LogP contribution < -0.4 is 5.32 Å². The van der Waals surface area contributed by atoms with Gasteiger partial charge in [0.15, 0.2) is 16.8 Å². The van der Waals surface area contributed by atoms with Crippen LogP contribution in [0.15, 0.2) is 53.7 Å². The second kappa shape index (κ2) is 9.66. The molecule has 6 nitrogen and oxygen atoms in total. The second-order valence-corrected chi connectivity index (χ2v) is 8.88. The number of nitrogens with zero attached hydrogens (tertiary/aromatic N) is 3. The van der Waals surface area contributed by atoms with Gasteiger partial charge in [0.1, 0.15) is 0 Å². The molecule has 2 aromatic carbocycles. The Labute approximate surface area is 190 Å². The molecule has 8 heteroatoms. The van der Waals surface area contributed by atoms with Gasteiger partial charge in [-0.05, 0) is 44.0 Å². The molecule has 1 amide bonds. The number of hydrogen-bond acceptors (Lipinski definition) is 5. The number of halogens is 1. The Morgan fingerprint density at radius 1 is 1.10 bits per heavy atom. The first kappa shape index (κ1) is 21.6. The molecule has 31 heavy (non-hydrogen) atoms. The smallest absolute Gasteiger partial charge is 0.234 e. The van der Waals surface area contributed by atoms with Crippen LogP contribution in [-0.4, -0.2) is 32.2 Å². The van der Waals surface area contributed by atoms with E-state index in [1.807, 2.05) is 24.3 Å². The second-order valence-electron chi connectivity index (χ2n) is 7.53. The van der Waals surface area contributed by atoms with Crippen LogP contribution in [0.1, 0.15) is 49.0 Å². The lowest BCUT2D eigenvalue weighted by Crippen LogP contribution is -2.17. The number of rotatable bonds is 7. The van der Waals surface area contributed by atoms with E-state index in [1.165, 1.54) is 18.7 Å². The van der Waals surface area contributed by atoms with Crippen LogP contribution in [-0.2, 0) is 4.79 Å². The van der Waals surface area contributed by atoms with Crippen molar-refractivity contribution in [1.82, 2.24) is 14.8 Å². The summed E-state index contributed by atoms with van der Waals surface area (Å²) < 4.78 is 2.13. The van der Waals surface area contributed by atoms with Gasteiger partial charge in [-0.1, -0.05) is 60.5 Å². The van der Waals surface area contributed by atoms with Crippen LogP contribution in [0, 0.1) is 0 Å². The molecule has 1 N–H and O–H groups in total. The summed E-state index contributed by atoms with van der Waals surface area (Å²) in [6.07, 6.45) is 4.44. The van der Waals surface area contributed by atoms with Gasteiger partial charge in [0.2, 0.25) is 5.91 Å². The van der Waals surface area contributed by atoms with Crippen molar-refractivity contribution < 1.29 is 9.59 Å². The highest BCUT2D eigenvalue weighted by Crippen LogP contribution is 2.38. The fourth-order valence-electron chi connectivity index (χ4n) is 3.91. The molecule has 1 aromatic heterocycles. The quantitative estimate of drug-likeness (QED) is 0.369. The molecule has 0 spiro atoms. The number of aromatic nitrogens is 3. The maximum Gasteiger partial charge on any atom is 0.234 e. The molecule has 0 radical (unpaired) electrons. The highest BCUT2D eigenvalue weighted by atomic mass is 35.5. The van der Waals surface area contributed by atoms with Crippen molar-refractivity contribution >= 4 is 40.7 Å². The predicted molar refractivity (Wildman–Crippen MR) is 124 cm³/mol. The molecule has 1 saturated carbocycles. The molecular weight excluding hydrogens is 432 g/mol. The van der Waals surface area contributed by atoms with E-state index in [4.69, 9.17) is 11.6 Å². The number of para-hydroxylation sites is 1. The first-order valence-corrected chi connectivity index (χ1v) is 11.6. The van der Waals surface area contributed by atoms with Crippen molar-refractivity contribution in [3.05, 3.63) is 59.1 Å². The zero-order chi connectivity index (χ0) is 21.8. The number of amides is 1. The maximum atomic E-state index is 12.6. The van der Waals surface area contributed by atoms with E-state index in [2.05, 4.69) is 20.1 Å². The average molecular weight is 455 g/mol. The van der Waals surface area contributed by atoms with E-state index in [9.17, 15) is 9.59 Å². The number of carbonyl (C=O) groups excluding carboxylic acids is 2. The molecule has 1 heterocycles. The Balaban J connectivity index is 1.54. The van der Waals surface area contributed by atoms with Gasteiger partial charge < -0.3 is 5.32 Å². The highest BCUT2D eigenvalue weighted by Gasteiger charge is 2.26. The zero-order valence-corrected chi connectivity index (χ0v) is 18.7. The standard InChI is InChI=1S/C23H23ClN4O2S/c1-15(29)17-10-5-7-13-20(17)25-21(30)14-31-23-27-26-22(18-11-4-6-12-19(18)24)28(23)16-8-2-3-9-16/h4-7,10-13,16H,2-3,8-9,14H2,1H3,(H,25,30). The van der Waals surface area contributed by atoms with Gasteiger partial charge in [-0.3, -0.25) is 14.2 Å². The number of anilines is 1. The van der Waals surface area contributed by atoms with Crippen LogP contribution in [0.4, 0.5) is 5.69 Å². The predicted octanol–water partition coefficient (Wildman–Crippen LogP) is 5.65.